The Morgan fingerprint density at radius 3 is 1.83 bits per heavy atom. The molecule has 0 saturated carbocycles. The third-order valence-electron chi connectivity index (χ3n) is 15.1. The highest BCUT2D eigenvalue weighted by molar-refractivity contribution is 6.11. The van der Waals surface area contributed by atoms with Gasteiger partial charge in [-0.05, 0) is 128 Å². The second-order valence-corrected chi connectivity index (χ2v) is 20.6. The summed E-state index contributed by atoms with van der Waals surface area (Å²) in [4.78, 5) is 4.91. The van der Waals surface area contributed by atoms with Gasteiger partial charge in [-0.3, -0.25) is 13.7 Å². The first kappa shape index (κ1) is 38.8. The van der Waals surface area contributed by atoms with E-state index in [0.29, 0.717) is 17.1 Å². The molecule has 5 heterocycles. The molecule has 0 aliphatic carbocycles. The molecule has 1 aliphatic rings. The van der Waals surface area contributed by atoms with Crippen molar-refractivity contribution in [1.82, 2.24) is 18.7 Å². The summed E-state index contributed by atoms with van der Waals surface area (Å²) in [6.45, 7) is 6.66. The predicted octanol–water partition coefficient (Wildman–Crippen LogP) is 17.4. The van der Waals surface area contributed by atoms with Crippen LogP contribution in [0.5, 0.6) is 11.5 Å². The zero-order valence-electron chi connectivity index (χ0n) is 46.9. The van der Waals surface area contributed by atoms with E-state index >= 15 is 0 Å². The maximum atomic E-state index is 9.11. The number of aromatic nitrogens is 5. The second kappa shape index (κ2) is 16.9. The summed E-state index contributed by atoms with van der Waals surface area (Å²) in [6, 6.07) is 69.5. The molecule has 6 heteroatoms. The fourth-order valence-corrected chi connectivity index (χ4v) is 11.7. The van der Waals surface area contributed by atoms with E-state index in [0.717, 1.165) is 111 Å². The van der Waals surface area contributed by atoms with Gasteiger partial charge in [0.2, 0.25) is 0 Å². The van der Waals surface area contributed by atoms with Crippen molar-refractivity contribution in [3.05, 3.63) is 255 Å². The van der Waals surface area contributed by atoms with Gasteiger partial charge in [0.25, 0.3) is 6.33 Å². The molecule has 360 valence electrons. The molecular weight excluding hydrogens is 927 g/mol. The molecule has 4 aromatic heterocycles. The summed E-state index contributed by atoms with van der Waals surface area (Å²) >= 11 is 0. The number of ether oxygens (including phenoxy) is 1. The lowest BCUT2D eigenvalue weighted by Crippen LogP contribution is -2.32. The zero-order valence-corrected chi connectivity index (χ0v) is 41.9. The van der Waals surface area contributed by atoms with E-state index in [1.54, 1.807) is 0 Å². The molecule has 15 rings (SSSR count). The predicted molar refractivity (Wildman–Crippen MR) is 311 cm³/mol. The number of hydrogen-bond donors (Lipinski definition) is 0. The molecule has 0 N–H and O–H groups in total. The molecule has 0 spiro atoms. The lowest BCUT2D eigenvalue weighted by atomic mass is 9.87. The Balaban J connectivity index is 0.965. The Labute approximate surface area is 447 Å². The monoisotopic (exact) mass is 980 g/mol. The lowest BCUT2D eigenvalue weighted by molar-refractivity contribution is -0.571. The van der Waals surface area contributed by atoms with Crippen molar-refractivity contribution in [2.45, 2.75) is 26.2 Å². The van der Waals surface area contributed by atoms with Gasteiger partial charge in [-0.2, -0.15) is 0 Å². The summed E-state index contributed by atoms with van der Waals surface area (Å²) in [5.41, 5.74) is 15.9. The highest BCUT2D eigenvalue weighted by Gasteiger charge is 2.28. The van der Waals surface area contributed by atoms with Gasteiger partial charge in [-0.15, -0.1) is 0 Å². The van der Waals surface area contributed by atoms with Gasteiger partial charge in [-0.1, -0.05) is 178 Å². The largest absolute Gasteiger partial charge is 0.458 e. The Morgan fingerprint density at radius 1 is 0.474 bits per heavy atom. The molecule has 0 radical (unpaired) electrons. The molecule has 0 amide bonds. The average molecular weight is 981 g/mol. The number of hydrogen-bond acceptors (Lipinski definition) is 2. The van der Waals surface area contributed by atoms with Crippen LogP contribution in [0.1, 0.15) is 33.2 Å². The number of rotatable bonds is 6. The molecule has 0 bridgehead atoms. The molecule has 0 unspecified atom stereocenters. The zero-order chi connectivity index (χ0) is 55.0. The fourth-order valence-electron chi connectivity index (χ4n) is 11.7. The summed E-state index contributed by atoms with van der Waals surface area (Å²) in [7, 11) is 0. The van der Waals surface area contributed by atoms with Crippen LogP contribution in [0.4, 0.5) is 0 Å². The van der Waals surface area contributed by atoms with Crippen molar-refractivity contribution in [2.24, 2.45) is 0 Å². The van der Waals surface area contributed by atoms with Crippen LogP contribution in [0.25, 0.3) is 122 Å². The van der Waals surface area contributed by atoms with Crippen LogP contribution in [0.2, 0.25) is 0 Å². The molecule has 76 heavy (non-hydrogen) atoms. The Kier molecular flexibility index (Phi) is 8.62. The minimum atomic E-state index is -0.431. The van der Waals surface area contributed by atoms with E-state index in [1.165, 1.54) is 5.56 Å². The molecule has 0 atom stereocenters. The van der Waals surface area contributed by atoms with Gasteiger partial charge in [0.15, 0.2) is 0 Å². The number of imidazole rings is 1. The van der Waals surface area contributed by atoms with E-state index < -0.39 is 6.04 Å². The minimum absolute atomic E-state index is 0.0626. The first-order valence-electron chi connectivity index (χ1n) is 28.1. The van der Waals surface area contributed by atoms with Crippen LogP contribution in [0, 0.1) is 6.33 Å². The van der Waals surface area contributed by atoms with Crippen molar-refractivity contribution in [2.75, 3.05) is 0 Å². The van der Waals surface area contributed by atoms with Crippen LogP contribution in [-0.4, -0.2) is 18.7 Å². The normalized spacial score (nSPS) is 13.1. The highest BCUT2D eigenvalue weighted by atomic mass is 16.5. The van der Waals surface area contributed by atoms with Crippen LogP contribution < -0.4 is 9.30 Å². The van der Waals surface area contributed by atoms with Crippen LogP contribution >= 0.6 is 0 Å². The Hall–Kier alpha value is -9.78. The van der Waals surface area contributed by atoms with Gasteiger partial charge in [0, 0.05) is 33.8 Å². The Bertz CT molecular complexity index is 4900. The molecule has 10 aromatic carbocycles. The van der Waals surface area contributed by atoms with E-state index in [2.05, 4.69) is 215 Å². The van der Waals surface area contributed by atoms with E-state index in [-0.39, 0.29) is 35.1 Å². The third kappa shape index (κ3) is 6.80. The van der Waals surface area contributed by atoms with E-state index in [1.807, 2.05) is 42.6 Å². The van der Waals surface area contributed by atoms with Crippen LogP contribution in [0.3, 0.4) is 0 Å². The fraction of sp³-hybridized carbons (Fsp3) is 0.0571. The Morgan fingerprint density at radius 2 is 1.08 bits per heavy atom. The van der Waals surface area contributed by atoms with E-state index in [9.17, 15) is 0 Å². The SMILES string of the molecule is [2H]c1c([2H])c([2H])c(-c2ccc3c(c2)-c2cccc(-n4c5ccccc5c5ccccc54)c2-[n+]2[c-]n(-c4cccc(Oc5ccc6c7ccccc7n(-c7cc(C(C)(C)C)ccn7)c6c5)c4)c4cccc(c42)-c2ccccc2-3)c([2H])c1[2H]. The van der Waals surface area contributed by atoms with Gasteiger partial charge in [-0.25, -0.2) is 4.98 Å². The van der Waals surface area contributed by atoms with Crippen LogP contribution in [-0.2, 0) is 5.41 Å². The third-order valence-corrected chi connectivity index (χ3v) is 15.1. The van der Waals surface area contributed by atoms with Crippen LogP contribution in [0.15, 0.2) is 243 Å². The summed E-state index contributed by atoms with van der Waals surface area (Å²) in [5, 5.41) is 4.47. The van der Waals surface area contributed by atoms with Gasteiger partial charge >= 0.3 is 0 Å². The first-order valence-corrected chi connectivity index (χ1v) is 25.6. The molecule has 0 fully saturated rings. The number of benzene rings is 10. The molecular formula is C70H49N5O. The summed E-state index contributed by atoms with van der Waals surface area (Å²) in [6.07, 6.45) is 5.84. The molecule has 14 aromatic rings. The summed E-state index contributed by atoms with van der Waals surface area (Å²) < 4.78 is 59.8. The van der Waals surface area contributed by atoms with Gasteiger partial charge in [0.1, 0.15) is 17.3 Å². The van der Waals surface area contributed by atoms with E-state index in [4.69, 9.17) is 16.6 Å². The lowest BCUT2D eigenvalue weighted by Gasteiger charge is -2.21. The van der Waals surface area contributed by atoms with Crippen molar-refractivity contribution >= 4 is 54.6 Å². The van der Waals surface area contributed by atoms with Gasteiger partial charge in [0.05, 0.1) is 57.0 Å². The van der Waals surface area contributed by atoms with Crippen molar-refractivity contribution < 1.29 is 16.2 Å². The highest BCUT2D eigenvalue weighted by Crippen LogP contribution is 2.47. The topological polar surface area (TPSA) is 40.8 Å². The smallest absolute Gasteiger partial charge is 0.269 e. The number of pyridine rings is 1. The molecule has 0 saturated heterocycles. The molecule has 6 nitrogen and oxygen atoms in total. The standard InChI is InChI=1S/C70H49N5O/c1-70(2,3)47-38-39-71-67(41-47)75-63-31-14-11-26-56(63)57-37-35-50(43-66(57)75)76-49-21-15-20-48(42-49)72-44-73-68-58(27-16-32-64(68)72)52-23-8-7-22-51(52)53-36-34-46(45-18-5-4-6-19-45)40-60(53)59-28-17-33-65(69(59)73)74-61-29-12-9-24-54(61)55-25-10-13-30-62(55)74/h4-43H,1-3H3/i4D,5D,6D,18D,19D. The average Bonchev–Trinajstić information content (AvgIpc) is 4.38. The number of nitrogens with zero attached hydrogens (tertiary/aromatic N) is 5. The van der Waals surface area contributed by atoms with Gasteiger partial charge < -0.3 is 9.30 Å². The molecule has 1 aliphatic heterocycles. The summed E-state index contributed by atoms with van der Waals surface area (Å²) in [5.74, 6) is 2.17. The van der Waals surface area contributed by atoms with Crippen molar-refractivity contribution in [1.29, 1.82) is 0 Å². The van der Waals surface area contributed by atoms with Crippen molar-refractivity contribution in [3.8, 4) is 78.9 Å². The quantitative estimate of drug-likeness (QED) is 0.123. The minimum Gasteiger partial charge on any atom is -0.458 e. The maximum Gasteiger partial charge on any atom is 0.269 e. The first-order chi connectivity index (χ1) is 39.4. The second-order valence-electron chi connectivity index (χ2n) is 20.6. The number of fused-ring (bicyclic) bond motifs is 13. The number of para-hydroxylation sites is 5. The maximum absolute atomic E-state index is 9.11. The van der Waals surface area contributed by atoms with Crippen molar-refractivity contribution in [3.63, 3.8) is 0 Å².